The van der Waals surface area contributed by atoms with E-state index in [2.05, 4.69) is 11.4 Å². The summed E-state index contributed by atoms with van der Waals surface area (Å²) in [5, 5.41) is 13.3. The Labute approximate surface area is 285 Å². The molecule has 3 heterocycles. The standard InChI is InChI=1S/C36H33F3N4O7/c1-16-30(45)20-13-23-29-28-21(31(46)17(2)35(50-5)33(28)48)12-22(42(29)3)24(14-40)43(23)25(27(20)32(47)34(16)49-4)15-41-26(44)10-9-18-7-6-8-19(11-18)36(37,38)39/h6-11,22-25,29H,12-13,15H2,1-5H3,(H,41,44)/b10-9+/t22-,23-,24-,25-,29-/m0/s1. The van der Waals surface area contributed by atoms with E-state index in [0.717, 1.165) is 18.2 Å². The molecular weight excluding hydrogens is 657 g/mol. The van der Waals surface area contributed by atoms with Gasteiger partial charge >= 0.3 is 6.18 Å². The van der Waals surface area contributed by atoms with E-state index in [-0.39, 0.29) is 75.7 Å². The number of nitriles is 1. The number of Topliss-reactive ketones (excluding diaryl/α,β-unsaturated/α-hetero) is 4. The summed E-state index contributed by atoms with van der Waals surface area (Å²) in [5.41, 5.74) is 0.189. The predicted octanol–water partition coefficient (Wildman–Crippen LogP) is 2.99. The number of allylic oxidation sites excluding steroid dienone is 4. The molecule has 2 aliphatic carbocycles. The second kappa shape index (κ2) is 12.6. The monoisotopic (exact) mass is 690 g/mol. The summed E-state index contributed by atoms with van der Waals surface area (Å²) in [6.07, 6.45) is -2.30. The molecule has 1 fully saturated rings. The Morgan fingerprint density at radius 1 is 0.960 bits per heavy atom. The SMILES string of the molecule is COC1=C(C)C(=O)C2=C(C1=O)[C@@H]1[C@@H]3CC4=C(C(=O)C(OC)=C(C)C4=O)[C@H](CNC(=O)/C=C/c4cccc(C(F)(F)F)c4)N3[C@@H](C#N)[C@H](C2)N1C. The van der Waals surface area contributed by atoms with Crippen molar-refractivity contribution in [2.75, 3.05) is 27.8 Å². The Kier molecular flexibility index (Phi) is 8.78. The number of nitrogens with zero attached hydrogens (tertiary/aromatic N) is 3. The van der Waals surface area contributed by atoms with E-state index >= 15 is 0 Å². The van der Waals surface area contributed by atoms with Gasteiger partial charge in [0.15, 0.2) is 23.1 Å². The Bertz CT molecular complexity index is 1960. The number of carbonyl (C=O) groups is 5. The van der Waals surface area contributed by atoms with Gasteiger partial charge in [0.25, 0.3) is 0 Å². The summed E-state index contributed by atoms with van der Waals surface area (Å²) in [7, 11) is 4.31. The Morgan fingerprint density at radius 3 is 2.12 bits per heavy atom. The highest BCUT2D eigenvalue weighted by molar-refractivity contribution is 6.26. The topological polar surface area (TPSA) is 146 Å². The fourth-order valence-corrected chi connectivity index (χ4v) is 8.06. The van der Waals surface area contributed by atoms with Gasteiger partial charge in [-0.25, -0.2) is 0 Å². The molecule has 1 N–H and O–H groups in total. The number of methoxy groups -OCH3 is 2. The van der Waals surface area contributed by atoms with Crippen LogP contribution < -0.4 is 5.32 Å². The molecule has 0 spiro atoms. The van der Waals surface area contributed by atoms with Gasteiger partial charge in [-0.1, -0.05) is 12.1 Å². The van der Waals surface area contributed by atoms with Crippen molar-refractivity contribution in [1.29, 1.82) is 5.26 Å². The van der Waals surface area contributed by atoms with Gasteiger partial charge in [-0.05, 0) is 57.5 Å². The molecular formula is C36H33F3N4O7. The molecule has 5 atom stereocenters. The third-order valence-electron chi connectivity index (χ3n) is 10.3. The molecule has 1 aromatic carbocycles. The van der Waals surface area contributed by atoms with E-state index in [1.54, 1.807) is 11.9 Å². The molecule has 260 valence electrons. The van der Waals surface area contributed by atoms with Gasteiger partial charge in [-0.2, -0.15) is 18.4 Å². The molecule has 1 amide bonds. The van der Waals surface area contributed by atoms with E-state index < -0.39 is 65.2 Å². The van der Waals surface area contributed by atoms with Crippen molar-refractivity contribution < 1.29 is 46.6 Å². The normalized spacial score (nSPS) is 27.4. The van der Waals surface area contributed by atoms with Crippen LogP contribution in [0.4, 0.5) is 13.2 Å². The van der Waals surface area contributed by atoms with Gasteiger partial charge in [0.2, 0.25) is 17.5 Å². The molecule has 50 heavy (non-hydrogen) atoms. The second-order valence-corrected chi connectivity index (χ2v) is 12.8. The summed E-state index contributed by atoms with van der Waals surface area (Å²) < 4.78 is 50.3. The number of nitrogens with one attached hydrogen (secondary N) is 1. The number of fused-ring (bicyclic) bond motifs is 5. The number of ether oxygens (including phenoxy) is 2. The molecule has 1 saturated heterocycles. The Hall–Kier alpha value is -5.13. The second-order valence-electron chi connectivity index (χ2n) is 12.8. The molecule has 0 radical (unpaired) electrons. The third kappa shape index (κ3) is 5.32. The van der Waals surface area contributed by atoms with Crippen molar-refractivity contribution >= 4 is 35.1 Å². The minimum absolute atomic E-state index is 0.0443. The molecule has 11 nitrogen and oxygen atoms in total. The molecule has 0 aromatic heterocycles. The fourth-order valence-electron chi connectivity index (χ4n) is 8.06. The van der Waals surface area contributed by atoms with Crippen molar-refractivity contribution in [3.05, 3.63) is 86.4 Å². The number of hydrogen-bond donors (Lipinski definition) is 1. The van der Waals surface area contributed by atoms with E-state index in [0.29, 0.717) is 0 Å². The smallest absolute Gasteiger partial charge is 0.416 e. The average Bonchev–Trinajstić information content (AvgIpc) is 3.08. The Morgan fingerprint density at radius 2 is 1.54 bits per heavy atom. The number of alkyl halides is 3. The first-order valence-corrected chi connectivity index (χ1v) is 15.8. The van der Waals surface area contributed by atoms with E-state index in [9.17, 15) is 42.4 Å². The van der Waals surface area contributed by atoms with Crippen LogP contribution >= 0.6 is 0 Å². The molecule has 0 saturated carbocycles. The third-order valence-corrected chi connectivity index (χ3v) is 10.3. The number of carbonyl (C=O) groups excluding carboxylic acids is 5. The zero-order valence-electron chi connectivity index (χ0n) is 27.8. The zero-order chi connectivity index (χ0) is 36.4. The maximum Gasteiger partial charge on any atom is 0.416 e. The van der Waals surface area contributed by atoms with Gasteiger partial charge < -0.3 is 14.8 Å². The van der Waals surface area contributed by atoms with Crippen LogP contribution in [0.15, 0.2) is 75.3 Å². The Balaban J connectivity index is 1.41. The molecule has 1 aromatic rings. The lowest BCUT2D eigenvalue weighted by Gasteiger charge is -2.60. The van der Waals surface area contributed by atoms with Crippen molar-refractivity contribution in [3.8, 4) is 6.07 Å². The molecule has 5 aliphatic rings. The van der Waals surface area contributed by atoms with Crippen molar-refractivity contribution in [2.24, 2.45) is 0 Å². The molecule has 6 rings (SSSR count). The van der Waals surface area contributed by atoms with Gasteiger partial charge in [0, 0.05) is 58.1 Å². The number of benzene rings is 1. The van der Waals surface area contributed by atoms with Gasteiger partial charge in [0.05, 0.1) is 37.9 Å². The number of ketones is 4. The van der Waals surface area contributed by atoms with Crippen LogP contribution in [0.25, 0.3) is 6.08 Å². The van der Waals surface area contributed by atoms with Gasteiger partial charge in [-0.15, -0.1) is 0 Å². The molecule has 0 unspecified atom stereocenters. The van der Waals surface area contributed by atoms with Crippen LogP contribution in [0, 0.1) is 11.3 Å². The predicted molar refractivity (Wildman–Crippen MR) is 170 cm³/mol. The van der Waals surface area contributed by atoms with Crippen molar-refractivity contribution in [2.45, 2.75) is 63.1 Å². The zero-order valence-corrected chi connectivity index (χ0v) is 27.8. The van der Waals surface area contributed by atoms with Crippen LogP contribution in [-0.2, 0) is 39.6 Å². The van der Waals surface area contributed by atoms with E-state index in [4.69, 9.17) is 9.47 Å². The first-order valence-electron chi connectivity index (χ1n) is 15.8. The van der Waals surface area contributed by atoms with Crippen LogP contribution in [-0.4, -0.2) is 96.9 Å². The number of halogens is 3. The lowest BCUT2D eigenvalue weighted by Crippen LogP contribution is -2.74. The number of hydrogen-bond acceptors (Lipinski definition) is 10. The summed E-state index contributed by atoms with van der Waals surface area (Å²) in [6, 6.07) is 2.59. The number of amides is 1. The fraction of sp³-hybridized carbons (Fsp3) is 0.389. The minimum Gasteiger partial charge on any atom is -0.492 e. The number of rotatable bonds is 6. The highest BCUT2D eigenvalue weighted by Crippen LogP contribution is 2.49. The number of piperazine rings is 1. The van der Waals surface area contributed by atoms with E-state index in [1.807, 2.05) is 4.90 Å². The molecule has 2 bridgehead atoms. The largest absolute Gasteiger partial charge is 0.492 e. The first-order chi connectivity index (χ1) is 23.7. The maximum absolute atomic E-state index is 14.0. The minimum atomic E-state index is -4.57. The maximum atomic E-state index is 14.0. The quantitative estimate of drug-likeness (QED) is 0.349. The summed E-state index contributed by atoms with van der Waals surface area (Å²) in [5.74, 6) is -2.83. The van der Waals surface area contributed by atoms with Crippen LogP contribution in [0.1, 0.15) is 37.8 Å². The summed E-state index contributed by atoms with van der Waals surface area (Å²) in [6.45, 7) is 2.70. The van der Waals surface area contributed by atoms with Gasteiger partial charge in [0.1, 0.15) is 6.04 Å². The van der Waals surface area contributed by atoms with Crippen LogP contribution in [0.5, 0.6) is 0 Å². The van der Waals surface area contributed by atoms with Crippen molar-refractivity contribution in [1.82, 2.24) is 15.1 Å². The van der Waals surface area contributed by atoms with Gasteiger partial charge in [-0.3, -0.25) is 33.8 Å². The van der Waals surface area contributed by atoms with E-state index in [1.165, 1.54) is 46.3 Å². The first kappa shape index (κ1) is 34.7. The lowest BCUT2D eigenvalue weighted by molar-refractivity contribution is -0.137. The summed E-state index contributed by atoms with van der Waals surface area (Å²) >= 11 is 0. The molecule has 3 aliphatic heterocycles. The molecule has 14 heteroatoms. The van der Waals surface area contributed by atoms with Crippen molar-refractivity contribution in [3.63, 3.8) is 0 Å². The lowest BCUT2D eigenvalue weighted by atomic mass is 9.67. The average molecular weight is 691 g/mol. The highest BCUT2D eigenvalue weighted by Gasteiger charge is 2.59. The van der Waals surface area contributed by atoms with Crippen LogP contribution in [0.3, 0.4) is 0 Å². The van der Waals surface area contributed by atoms with Crippen LogP contribution in [0.2, 0.25) is 0 Å². The summed E-state index contributed by atoms with van der Waals surface area (Å²) in [4.78, 5) is 72.1. The number of likely N-dealkylation sites (N-methyl/N-ethyl adjacent to an activating group) is 1. The highest BCUT2D eigenvalue weighted by atomic mass is 19.4.